The third kappa shape index (κ3) is 4.54. The van der Waals surface area contributed by atoms with Crippen molar-refractivity contribution in [1.29, 1.82) is 0 Å². The Hall–Kier alpha value is -1.40. The van der Waals surface area contributed by atoms with Gasteiger partial charge in [-0.05, 0) is 19.1 Å². The van der Waals surface area contributed by atoms with Gasteiger partial charge < -0.3 is 5.11 Å². The van der Waals surface area contributed by atoms with E-state index >= 15 is 0 Å². The second-order valence-corrected chi connectivity index (χ2v) is 5.27. The van der Waals surface area contributed by atoms with Crippen LogP contribution in [-0.4, -0.2) is 16.7 Å². The molecule has 2 rings (SSSR count). The summed E-state index contributed by atoms with van der Waals surface area (Å²) in [4.78, 5) is 5.31. The summed E-state index contributed by atoms with van der Waals surface area (Å²) in [6.45, 7) is 5.90. The zero-order chi connectivity index (χ0) is 16.0. The number of aliphatic hydroxyl groups is 1. The largest absolute Gasteiger partial charge is 0.416 e. The fraction of sp³-hybridized carbons (Fsp3) is 0.400. The van der Waals surface area contributed by atoms with Crippen LogP contribution in [0, 0.1) is 6.92 Å². The number of alkyl halides is 3. The van der Waals surface area contributed by atoms with Crippen LogP contribution in [0.2, 0.25) is 0 Å². The molecule has 0 radical (unpaired) electrons. The van der Waals surface area contributed by atoms with Crippen LogP contribution >= 0.6 is 11.3 Å². The molecule has 0 atom stereocenters. The molecule has 1 heterocycles. The van der Waals surface area contributed by atoms with Gasteiger partial charge in [-0.3, -0.25) is 0 Å². The van der Waals surface area contributed by atoms with Crippen LogP contribution in [-0.2, 0) is 12.6 Å². The number of rotatable bonds is 3. The molecule has 6 heteroatoms. The predicted molar refractivity (Wildman–Crippen MR) is 79.4 cm³/mol. The van der Waals surface area contributed by atoms with E-state index in [0.29, 0.717) is 17.0 Å². The van der Waals surface area contributed by atoms with Gasteiger partial charge in [0.15, 0.2) is 0 Å². The van der Waals surface area contributed by atoms with E-state index in [4.69, 9.17) is 5.11 Å². The molecule has 2 aromatic rings. The average molecular weight is 317 g/mol. The summed E-state index contributed by atoms with van der Waals surface area (Å²) in [5.74, 6) is 0. The number of thiazole rings is 1. The highest BCUT2D eigenvalue weighted by molar-refractivity contribution is 7.15. The molecule has 0 amide bonds. The Morgan fingerprint density at radius 2 is 1.71 bits per heavy atom. The molecule has 0 saturated heterocycles. The summed E-state index contributed by atoms with van der Waals surface area (Å²) in [6.07, 6.45) is -3.86. The van der Waals surface area contributed by atoms with Crippen molar-refractivity contribution in [2.45, 2.75) is 33.4 Å². The van der Waals surface area contributed by atoms with Crippen LogP contribution in [0.15, 0.2) is 24.3 Å². The summed E-state index contributed by atoms with van der Waals surface area (Å²) in [6, 6.07) is 4.95. The van der Waals surface area contributed by atoms with Gasteiger partial charge in [-0.2, -0.15) is 13.2 Å². The van der Waals surface area contributed by atoms with Gasteiger partial charge in [-0.25, -0.2) is 4.98 Å². The first-order valence-corrected chi connectivity index (χ1v) is 7.48. The number of benzene rings is 1. The molecule has 2 nitrogen and oxygen atoms in total. The van der Waals surface area contributed by atoms with Gasteiger partial charge in [0.1, 0.15) is 5.01 Å². The fourth-order valence-corrected chi connectivity index (χ4v) is 2.66. The van der Waals surface area contributed by atoms with Gasteiger partial charge in [-0.1, -0.05) is 26.0 Å². The van der Waals surface area contributed by atoms with Gasteiger partial charge >= 0.3 is 6.18 Å². The first-order chi connectivity index (χ1) is 9.91. The Bertz CT molecular complexity index is 561. The van der Waals surface area contributed by atoms with Crippen molar-refractivity contribution in [2.24, 2.45) is 0 Å². The van der Waals surface area contributed by atoms with Gasteiger partial charge in [0.25, 0.3) is 0 Å². The normalized spacial score (nSPS) is 11.0. The molecule has 0 fully saturated rings. The Kier molecular flexibility index (Phi) is 6.36. The monoisotopic (exact) mass is 317 g/mol. The van der Waals surface area contributed by atoms with E-state index in [1.807, 2.05) is 20.8 Å². The minimum atomic E-state index is -4.32. The molecule has 0 aliphatic rings. The number of halogens is 3. The number of hydrogen-bond donors (Lipinski definition) is 1. The van der Waals surface area contributed by atoms with Crippen LogP contribution in [0.5, 0.6) is 0 Å². The first-order valence-electron chi connectivity index (χ1n) is 6.66. The number of nitrogens with zero attached hydrogens (tertiary/aromatic N) is 1. The topological polar surface area (TPSA) is 33.1 Å². The number of aromatic nitrogens is 1. The molecular formula is C15H18F3NOS. The van der Waals surface area contributed by atoms with Crippen molar-refractivity contribution >= 4 is 11.3 Å². The lowest BCUT2D eigenvalue weighted by Gasteiger charge is -2.06. The molecular weight excluding hydrogens is 299 g/mol. The van der Waals surface area contributed by atoms with Crippen LogP contribution in [0.1, 0.15) is 30.0 Å². The first kappa shape index (κ1) is 17.7. The molecule has 0 aliphatic heterocycles. The molecule has 116 valence electrons. The van der Waals surface area contributed by atoms with E-state index in [1.54, 1.807) is 0 Å². The van der Waals surface area contributed by atoms with Crippen LogP contribution < -0.4 is 0 Å². The maximum Gasteiger partial charge on any atom is 0.416 e. The number of aryl methyl sites for hydroxylation is 1. The van der Waals surface area contributed by atoms with Gasteiger partial charge in [0, 0.05) is 23.5 Å². The van der Waals surface area contributed by atoms with Crippen molar-refractivity contribution in [2.75, 3.05) is 6.61 Å². The smallest absolute Gasteiger partial charge is 0.396 e. The van der Waals surface area contributed by atoms with Crippen LogP contribution in [0.4, 0.5) is 13.2 Å². The van der Waals surface area contributed by atoms with E-state index in [9.17, 15) is 13.2 Å². The molecule has 1 aromatic heterocycles. The summed E-state index contributed by atoms with van der Waals surface area (Å²) >= 11 is 1.42. The molecule has 0 aliphatic carbocycles. The van der Waals surface area contributed by atoms with E-state index in [1.165, 1.54) is 23.5 Å². The van der Waals surface area contributed by atoms with Crippen molar-refractivity contribution < 1.29 is 18.3 Å². The highest BCUT2D eigenvalue weighted by Gasteiger charge is 2.30. The van der Waals surface area contributed by atoms with E-state index in [-0.39, 0.29) is 6.61 Å². The van der Waals surface area contributed by atoms with Crippen molar-refractivity contribution in [3.8, 4) is 10.6 Å². The lowest BCUT2D eigenvalue weighted by atomic mass is 10.1. The zero-order valence-corrected chi connectivity index (χ0v) is 13.0. The summed E-state index contributed by atoms with van der Waals surface area (Å²) in [5.41, 5.74) is 0.785. The van der Waals surface area contributed by atoms with Crippen molar-refractivity contribution in [3.63, 3.8) is 0 Å². The Labute approximate surface area is 126 Å². The number of hydrogen-bond acceptors (Lipinski definition) is 3. The standard InChI is InChI=1S/C13H12F3NOS.C2H6/c1-8-11(6-7-18)17-12(19-8)9-2-4-10(5-3-9)13(14,15)16;1-2/h2-5,18H,6-7H2,1H3;1-2H3. The summed E-state index contributed by atoms with van der Waals surface area (Å²) < 4.78 is 37.3. The van der Waals surface area contributed by atoms with Gasteiger partial charge in [0.2, 0.25) is 0 Å². The fourth-order valence-electron chi connectivity index (χ4n) is 1.69. The third-order valence-corrected chi connectivity index (χ3v) is 3.76. The summed E-state index contributed by atoms with van der Waals surface area (Å²) in [5, 5.41) is 9.57. The highest BCUT2D eigenvalue weighted by Crippen LogP contribution is 2.32. The van der Waals surface area contributed by atoms with Gasteiger partial charge in [0.05, 0.1) is 11.3 Å². The Morgan fingerprint density at radius 1 is 1.14 bits per heavy atom. The van der Waals surface area contributed by atoms with Crippen LogP contribution in [0.25, 0.3) is 10.6 Å². The molecule has 0 saturated carbocycles. The lowest BCUT2D eigenvalue weighted by Crippen LogP contribution is -2.03. The number of aliphatic hydroxyl groups excluding tert-OH is 1. The molecule has 0 bridgehead atoms. The maximum absolute atomic E-state index is 12.4. The minimum Gasteiger partial charge on any atom is -0.396 e. The molecule has 0 spiro atoms. The van der Waals surface area contributed by atoms with Gasteiger partial charge in [-0.15, -0.1) is 11.3 Å². The maximum atomic E-state index is 12.4. The third-order valence-electron chi connectivity index (χ3n) is 2.70. The van der Waals surface area contributed by atoms with E-state index < -0.39 is 11.7 Å². The Morgan fingerprint density at radius 3 is 2.19 bits per heavy atom. The molecule has 21 heavy (non-hydrogen) atoms. The van der Waals surface area contributed by atoms with Crippen molar-refractivity contribution in [3.05, 3.63) is 40.4 Å². The Balaban J connectivity index is 0.00000106. The van der Waals surface area contributed by atoms with E-state index in [0.717, 1.165) is 22.7 Å². The minimum absolute atomic E-state index is 0.0109. The van der Waals surface area contributed by atoms with Crippen LogP contribution in [0.3, 0.4) is 0 Å². The van der Waals surface area contributed by atoms with E-state index in [2.05, 4.69) is 4.98 Å². The molecule has 0 unspecified atom stereocenters. The zero-order valence-electron chi connectivity index (χ0n) is 12.2. The highest BCUT2D eigenvalue weighted by atomic mass is 32.1. The predicted octanol–water partition coefficient (Wildman–Crippen LogP) is 4.70. The average Bonchev–Trinajstić information content (AvgIpc) is 2.82. The summed E-state index contributed by atoms with van der Waals surface area (Å²) in [7, 11) is 0. The second-order valence-electron chi connectivity index (χ2n) is 4.07. The molecule has 1 aromatic carbocycles. The molecule has 1 N–H and O–H groups in total. The van der Waals surface area contributed by atoms with Crippen molar-refractivity contribution in [1.82, 2.24) is 4.98 Å². The SMILES string of the molecule is CC.Cc1sc(-c2ccc(C(F)(F)F)cc2)nc1CCO. The second kappa shape index (κ2) is 7.56. The lowest BCUT2D eigenvalue weighted by molar-refractivity contribution is -0.137. The quantitative estimate of drug-likeness (QED) is 0.890.